The van der Waals surface area contributed by atoms with E-state index >= 15 is 0 Å². The zero-order chi connectivity index (χ0) is 39.3. The Morgan fingerprint density at radius 3 is 2.27 bits per heavy atom. The van der Waals surface area contributed by atoms with Crippen molar-refractivity contribution in [2.75, 3.05) is 18.0 Å². The topological polar surface area (TPSA) is 44.6 Å². The molecule has 1 aliphatic carbocycles. The van der Waals surface area contributed by atoms with Crippen molar-refractivity contribution in [3.8, 4) is 5.75 Å². The Morgan fingerprint density at radius 1 is 0.836 bits per heavy atom. The molecule has 5 nitrogen and oxygen atoms in total. The second-order valence-electron chi connectivity index (χ2n) is 17.0. The fraction of sp³-hybridized carbons (Fsp3) is 0.429. The van der Waals surface area contributed by atoms with Gasteiger partial charge in [-0.25, -0.2) is 0 Å². The van der Waals surface area contributed by atoms with Crippen LogP contribution in [0.25, 0.3) is 0 Å². The average molecular weight is 737 g/mol. The molecule has 6 heteroatoms. The highest BCUT2D eigenvalue weighted by atomic mass is 16.5. The summed E-state index contributed by atoms with van der Waals surface area (Å²) in [6, 6.07) is 22.3. The van der Waals surface area contributed by atoms with Gasteiger partial charge in [0.1, 0.15) is 18.1 Å². The van der Waals surface area contributed by atoms with E-state index in [2.05, 4.69) is 155 Å². The van der Waals surface area contributed by atoms with Crippen LogP contribution in [-0.4, -0.2) is 37.3 Å². The first-order chi connectivity index (χ1) is 26.3. The van der Waals surface area contributed by atoms with Gasteiger partial charge in [0.15, 0.2) is 5.71 Å². The summed E-state index contributed by atoms with van der Waals surface area (Å²) in [5.74, 6) is 1.95. The summed E-state index contributed by atoms with van der Waals surface area (Å²) in [6.45, 7) is 20.1. The number of amides is 1. The van der Waals surface area contributed by atoms with Crippen molar-refractivity contribution in [3.05, 3.63) is 135 Å². The minimum atomic E-state index is -0.169. The maximum Gasteiger partial charge on any atom is 0.217 e. The molecule has 3 aliphatic rings. The number of aryl methyl sites for hydroxylation is 3. The summed E-state index contributed by atoms with van der Waals surface area (Å²) in [5.41, 5.74) is 14.1. The number of allylic oxidation sites excluding steroid dienone is 7. The van der Waals surface area contributed by atoms with Gasteiger partial charge >= 0.3 is 0 Å². The largest absolute Gasteiger partial charge is 0.457 e. The number of nitrogens with one attached hydrogen (secondary N) is 1. The van der Waals surface area contributed by atoms with E-state index in [0.717, 1.165) is 56.7 Å². The average Bonchev–Trinajstić information content (AvgIpc) is 3.50. The second-order valence-corrected chi connectivity index (χ2v) is 17.0. The smallest absolute Gasteiger partial charge is 0.217 e. The minimum absolute atomic E-state index is 0.104. The van der Waals surface area contributed by atoms with Crippen LogP contribution in [0.15, 0.2) is 108 Å². The van der Waals surface area contributed by atoms with Gasteiger partial charge in [0.2, 0.25) is 19.6 Å². The summed E-state index contributed by atoms with van der Waals surface area (Å²) < 4.78 is 9.42. The molecule has 55 heavy (non-hydrogen) atoms. The zero-order valence-corrected chi connectivity index (χ0v) is 35.1. The van der Waals surface area contributed by atoms with Crippen LogP contribution in [0.2, 0.25) is 0 Å². The second kappa shape index (κ2) is 17.1. The van der Waals surface area contributed by atoms with Gasteiger partial charge in [0, 0.05) is 53.9 Å². The Balaban J connectivity index is 1.42. The van der Waals surface area contributed by atoms with Crippen LogP contribution in [-0.2, 0) is 15.6 Å². The number of hydrogen-bond donors (Lipinski definition) is 1. The molecule has 3 aromatic rings. The Bertz CT molecular complexity index is 2060. The molecule has 1 amide bonds. The fourth-order valence-electron chi connectivity index (χ4n) is 8.70. The number of anilines is 1. The van der Waals surface area contributed by atoms with Gasteiger partial charge in [-0.3, -0.25) is 4.79 Å². The minimum Gasteiger partial charge on any atom is -0.457 e. The van der Waals surface area contributed by atoms with Crippen LogP contribution in [0.5, 0.6) is 5.75 Å². The predicted octanol–water partition coefficient (Wildman–Crippen LogP) is 10.7. The van der Waals surface area contributed by atoms with E-state index in [-0.39, 0.29) is 16.7 Å². The van der Waals surface area contributed by atoms with Crippen LogP contribution in [0.4, 0.5) is 11.4 Å². The summed E-state index contributed by atoms with van der Waals surface area (Å²) in [5, 5.41) is 2.77. The van der Waals surface area contributed by atoms with Crippen LogP contribution in [0, 0.1) is 20.8 Å². The van der Waals surface area contributed by atoms with Gasteiger partial charge in [0.25, 0.3) is 0 Å². The molecule has 1 N–H and O–H groups in total. The van der Waals surface area contributed by atoms with Gasteiger partial charge in [-0.1, -0.05) is 86.7 Å². The van der Waals surface area contributed by atoms with E-state index in [9.17, 15) is 4.79 Å². The summed E-state index contributed by atoms with van der Waals surface area (Å²) in [6.07, 6.45) is 18.4. The van der Waals surface area contributed by atoms with Gasteiger partial charge in [-0.15, -0.1) is 0 Å². The maximum atomic E-state index is 12.0. The number of unbranched alkanes of at least 4 members (excludes halogenated alkanes) is 3. The summed E-state index contributed by atoms with van der Waals surface area (Å²) >= 11 is 0. The predicted molar refractivity (Wildman–Crippen MR) is 234 cm³/mol. The standard InChI is InChI=1S/C49H62BN3O2/c1-9-10-12-30-52-42-26-20-35(3)32-40(42)48(5,6)44(52)28-22-37-15-14-16-38(47(37)55-39-24-18-34(2)19-25-39)23-29-45-49(7,8)41-33-36(4)21-27-43(41)53(45)31-13-11-17-46(54)51-50/h18-29,32-33H,9-17,30-31,50H2,1-8H3/p+1. The number of benzene rings is 3. The van der Waals surface area contributed by atoms with Crippen LogP contribution in [0.3, 0.4) is 0 Å². The van der Waals surface area contributed by atoms with Gasteiger partial charge in [-0.05, 0) is 120 Å². The van der Waals surface area contributed by atoms with Crippen LogP contribution >= 0.6 is 0 Å². The molecule has 0 atom stereocenters. The Morgan fingerprint density at radius 2 is 1.55 bits per heavy atom. The molecular weight excluding hydrogens is 673 g/mol. The van der Waals surface area contributed by atoms with Crippen molar-refractivity contribution in [1.82, 2.24) is 5.23 Å². The molecule has 3 aromatic carbocycles. The monoisotopic (exact) mass is 737 g/mol. The molecule has 2 aliphatic heterocycles. The van der Waals surface area contributed by atoms with E-state index < -0.39 is 0 Å². The fourth-order valence-corrected chi connectivity index (χ4v) is 8.70. The van der Waals surface area contributed by atoms with Gasteiger partial charge in [-0.2, -0.15) is 4.58 Å². The lowest BCUT2D eigenvalue weighted by Crippen LogP contribution is -2.28. The molecule has 0 aromatic heterocycles. The highest BCUT2D eigenvalue weighted by Crippen LogP contribution is 2.48. The molecule has 2 heterocycles. The van der Waals surface area contributed by atoms with Gasteiger partial charge < -0.3 is 14.9 Å². The first-order valence-corrected chi connectivity index (χ1v) is 20.8. The number of rotatable bonds is 14. The third kappa shape index (κ3) is 8.64. The Kier molecular flexibility index (Phi) is 12.4. The van der Waals surface area contributed by atoms with E-state index in [0.29, 0.717) is 6.42 Å². The molecule has 0 unspecified atom stereocenters. The third-order valence-electron chi connectivity index (χ3n) is 12.0. The quantitative estimate of drug-likeness (QED) is 0.102. The maximum absolute atomic E-state index is 12.0. The Labute approximate surface area is 332 Å². The summed E-state index contributed by atoms with van der Waals surface area (Å²) in [7, 11) is 1.72. The van der Waals surface area contributed by atoms with Crippen molar-refractivity contribution in [3.63, 3.8) is 0 Å². The van der Waals surface area contributed by atoms with E-state index in [1.807, 2.05) is 0 Å². The highest BCUT2D eigenvalue weighted by molar-refractivity contribution is 6.14. The number of nitrogens with zero attached hydrogens (tertiary/aromatic N) is 2. The molecule has 0 bridgehead atoms. The van der Waals surface area contributed by atoms with Crippen molar-refractivity contribution in [2.45, 2.75) is 124 Å². The lowest BCUT2D eigenvalue weighted by atomic mass is 9.80. The number of fused-ring (bicyclic) bond motifs is 2. The zero-order valence-electron chi connectivity index (χ0n) is 35.1. The van der Waals surface area contributed by atoms with E-state index in [1.54, 1.807) is 7.98 Å². The highest BCUT2D eigenvalue weighted by Gasteiger charge is 2.44. The summed E-state index contributed by atoms with van der Waals surface area (Å²) in [4.78, 5) is 14.6. The first kappa shape index (κ1) is 40.1. The molecule has 288 valence electrons. The van der Waals surface area contributed by atoms with Crippen molar-refractivity contribution in [2.24, 2.45) is 0 Å². The van der Waals surface area contributed by atoms with Crippen LogP contribution in [0.1, 0.15) is 120 Å². The third-order valence-corrected chi connectivity index (χ3v) is 12.0. The molecule has 0 fully saturated rings. The van der Waals surface area contributed by atoms with Gasteiger partial charge in [0.05, 0.1) is 5.41 Å². The Hall–Kier alpha value is -4.58. The van der Waals surface area contributed by atoms with Crippen molar-refractivity contribution < 1.29 is 14.1 Å². The van der Waals surface area contributed by atoms with E-state index in [4.69, 9.17) is 4.74 Å². The lowest BCUT2D eigenvalue weighted by molar-refractivity contribution is -0.438. The number of hydrogen-bond acceptors (Lipinski definition) is 3. The lowest BCUT2D eigenvalue weighted by Gasteiger charge is -2.27. The molecular formula is C49H63BN3O2+. The van der Waals surface area contributed by atoms with Crippen molar-refractivity contribution >= 4 is 31.0 Å². The molecule has 0 saturated heterocycles. The van der Waals surface area contributed by atoms with E-state index in [1.165, 1.54) is 81.0 Å². The SMILES string of the molecule is BNC(=O)CCCC[N+]1=C(/C=C/C2=C(Oc3ccc(C)cc3)C(=C/C=C3/N(CCCCC)c4ccc(C)cc4C3(C)C)/CCC2)C(C)(C)c2cc(C)ccc21. The normalized spacial score (nSPS) is 18.8. The molecule has 6 rings (SSSR count). The number of carbonyl (C=O) groups is 1. The molecule has 0 radical (unpaired) electrons. The molecule has 0 spiro atoms. The first-order valence-electron chi connectivity index (χ1n) is 20.8. The van der Waals surface area contributed by atoms with Crippen LogP contribution < -0.4 is 14.9 Å². The number of carbonyl (C=O) groups excluding carboxylic acids is 1. The number of ether oxygens (including phenoxy) is 1. The molecule has 0 saturated carbocycles. The van der Waals surface area contributed by atoms with Crippen molar-refractivity contribution in [1.29, 1.82) is 0 Å².